The van der Waals surface area contributed by atoms with Crippen LogP contribution in [0.4, 0.5) is 0 Å². The number of fused-ring (bicyclic) bond motifs is 9. The van der Waals surface area contributed by atoms with Crippen LogP contribution in [0.15, 0.2) is 192 Å². The van der Waals surface area contributed by atoms with Gasteiger partial charge in [0, 0.05) is 27.2 Å². The first-order valence-electron chi connectivity index (χ1n) is 18.6. The average molecular weight is 686 g/mol. The monoisotopic (exact) mass is 685 g/mol. The summed E-state index contributed by atoms with van der Waals surface area (Å²) in [5.74, 6) is 0. The molecular weight excluding hydrogens is 655 g/mol. The predicted molar refractivity (Wildman–Crippen MR) is 226 cm³/mol. The van der Waals surface area contributed by atoms with Crippen LogP contribution in [0.2, 0.25) is 0 Å². The van der Waals surface area contributed by atoms with Crippen molar-refractivity contribution in [1.29, 1.82) is 0 Å². The molecule has 0 radical (unpaired) electrons. The van der Waals surface area contributed by atoms with E-state index in [-0.39, 0.29) is 0 Å². The molecule has 0 unspecified atom stereocenters. The highest BCUT2D eigenvalue weighted by molar-refractivity contribution is 6.19. The van der Waals surface area contributed by atoms with E-state index >= 15 is 0 Å². The Hall–Kier alpha value is -7.16. The van der Waals surface area contributed by atoms with E-state index in [4.69, 9.17) is 4.42 Å². The topological polar surface area (TPSA) is 18.1 Å². The van der Waals surface area contributed by atoms with Crippen molar-refractivity contribution >= 4 is 54.5 Å². The van der Waals surface area contributed by atoms with Crippen LogP contribution >= 0.6 is 0 Å². The maximum atomic E-state index is 6.12. The summed E-state index contributed by atoms with van der Waals surface area (Å²) in [4.78, 5) is 0. The summed E-state index contributed by atoms with van der Waals surface area (Å²) in [7, 11) is 0. The van der Waals surface area contributed by atoms with E-state index in [1.54, 1.807) is 0 Å². The molecule has 1 aliphatic carbocycles. The molecule has 0 atom stereocenters. The summed E-state index contributed by atoms with van der Waals surface area (Å²) in [5, 5.41) is 7.44. The SMILES string of the molecule is c1cc(-c2ccc(-n3c4ccccc4c4cc(-c5ccc6oc7ccccc7c6c5)ccc43)cc2)cc(-c2ccc3c4c(cccc24)-c2ccccc2-3)c1. The number of rotatable bonds is 4. The van der Waals surface area contributed by atoms with E-state index in [1.165, 1.54) is 88.2 Å². The number of hydrogen-bond acceptors (Lipinski definition) is 1. The number of furan rings is 1. The van der Waals surface area contributed by atoms with Gasteiger partial charge in [0.2, 0.25) is 0 Å². The van der Waals surface area contributed by atoms with Crippen LogP contribution in [0.3, 0.4) is 0 Å². The molecule has 9 aromatic carbocycles. The van der Waals surface area contributed by atoms with Gasteiger partial charge in [-0.05, 0) is 121 Å². The molecule has 0 spiro atoms. The van der Waals surface area contributed by atoms with E-state index in [9.17, 15) is 0 Å². The smallest absolute Gasteiger partial charge is 0.135 e. The van der Waals surface area contributed by atoms with Gasteiger partial charge in [0.15, 0.2) is 0 Å². The van der Waals surface area contributed by atoms with Crippen molar-refractivity contribution in [2.24, 2.45) is 0 Å². The third-order valence-electron chi connectivity index (χ3n) is 11.6. The van der Waals surface area contributed by atoms with Crippen LogP contribution in [-0.2, 0) is 0 Å². The van der Waals surface area contributed by atoms with E-state index in [1.807, 2.05) is 12.1 Å². The fourth-order valence-corrected chi connectivity index (χ4v) is 9.07. The van der Waals surface area contributed by atoms with Crippen molar-refractivity contribution in [2.75, 3.05) is 0 Å². The van der Waals surface area contributed by atoms with Crippen molar-refractivity contribution in [3.05, 3.63) is 188 Å². The Balaban J connectivity index is 0.925. The number of nitrogens with zero attached hydrogens (tertiary/aromatic N) is 1. The van der Waals surface area contributed by atoms with Crippen LogP contribution < -0.4 is 0 Å². The average Bonchev–Trinajstić information content (AvgIpc) is 3.89. The Labute approximate surface area is 311 Å². The molecule has 2 aromatic heterocycles. The first-order chi connectivity index (χ1) is 26.8. The summed E-state index contributed by atoms with van der Waals surface area (Å²) in [5.41, 5.74) is 18.0. The van der Waals surface area contributed by atoms with Gasteiger partial charge in [-0.1, -0.05) is 133 Å². The molecule has 12 rings (SSSR count). The number of benzene rings is 9. The highest BCUT2D eigenvalue weighted by atomic mass is 16.3. The lowest BCUT2D eigenvalue weighted by Gasteiger charge is -2.12. The van der Waals surface area contributed by atoms with Crippen molar-refractivity contribution < 1.29 is 4.42 Å². The molecular formula is C52H31NO. The molecule has 0 bridgehead atoms. The molecule has 2 heterocycles. The lowest BCUT2D eigenvalue weighted by atomic mass is 9.92. The van der Waals surface area contributed by atoms with Crippen molar-refractivity contribution in [3.63, 3.8) is 0 Å². The van der Waals surface area contributed by atoms with Crippen LogP contribution in [0.5, 0.6) is 0 Å². The van der Waals surface area contributed by atoms with Crippen LogP contribution in [-0.4, -0.2) is 4.57 Å². The van der Waals surface area contributed by atoms with Gasteiger partial charge in [-0.2, -0.15) is 0 Å². The van der Waals surface area contributed by atoms with Gasteiger partial charge in [0.05, 0.1) is 11.0 Å². The maximum Gasteiger partial charge on any atom is 0.135 e. The first kappa shape index (κ1) is 29.4. The Morgan fingerprint density at radius 1 is 0.296 bits per heavy atom. The minimum Gasteiger partial charge on any atom is -0.456 e. The summed E-state index contributed by atoms with van der Waals surface area (Å²) in [6.45, 7) is 0. The van der Waals surface area contributed by atoms with Gasteiger partial charge in [0.25, 0.3) is 0 Å². The first-order valence-corrected chi connectivity index (χ1v) is 18.6. The van der Waals surface area contributed by atoms with Crippen molar-refractivity contribution in [3.8, 4) is 61.3 Å². The summed E-state index contributed by atoms with van der Waals surface area (Å²) < 4.78 is 8.51. The van der Waals surface area contributed by atoms with Crippen LogP contribution in [0, 0.1) is 0 Å². The second-order valence-corrected chi connectivity index (χ2v) is 14.5. The summed E-state index contributed by atoms with van der Waals surface area (Å²) >= 11 is 0. The van der Waals surface area contributed by atoms with Gasteiger partial charge >= 0.3 is 0 Å². The zero-order chi connectivity index (χ0) is 35.3. The third-order valence-corrected chi connectivity index (χ3v) is 11.6. The third kappa shape index (κ3) is 4.22. The maximum absolute atomic E-state index is 6.12. The fourth-order valence-electron chi connectivity index (χ4n) is 9.07. The summed E-state index contributed by atoms with van der Waals surface area (Å²) in [6.07, 6.45) is 0. The Kier molecular flexibility index (Phi) is 6.09. The lowest BCUT2D eigenvalue weighted by Crippen LogP contribution is -1.93. The zero-order valence-corrected chi connectivity index (χ0v) is 29.3. The predicted octanol–water partition coefficient (Wildman–Crippen LogP) is 14.5. The van der Waals surface area contributed by atoms with Gasteiger partial charge in [-0.15, -0.1) is 0 Å². The van der Waals surface area contributed by atoms with Gasteiger partial charge in [0.1, 0.15) is 11.2 Å². The van der Waals surface area contributed by atoms with Gasteiger partial charge < -0.3 is 8.98 Å². The second-order valence-electron chi connectivity index (χ2n) is 14.5. The molecule has 11 aromatic rings. The second kappa shape index (κ2) is 11.2. The molecule has 0 aliphatic heterocycles. The van der Waals surface area contributed by atoms with Crippen LogP contribution in [0.25, 0.3) is 116 Å². The standard InChI is InChI=1S/C52H31NO/c1-2-12-40-39(11-1)44-16-8-15-43-38(25-26-45(40)52(43)44)36-10-7-9-33(29-36)32-19-23-37(24-20-32)53-48-17-5-3-13-41(48)46-30-34(21-27-49(46)53)35-22-28-51-47(31-35)42-14-4-6-18-50(42)54-51/h1-31H. The number of para-hydroxylation sites is 2. The normalized spacial score (nSPS) is 12.1. The Morgan fingerprint density at radius 3 is 1.74 bits per heavy atom. The largest absolute Gasteiger partial charge is 0.456 e. The van der Waals surface area contributed by atoms with E-state index in [0.717, 1.165) is 27.6 Å². The van der Waals surface area contributed by atoms with Crippen LogP contribution in [0.1, 0.15) is 0 Å². The van der Waals surface area contributed by atoms with Gasteiger partial charge in [-0.3, -0.25) is 0 Å². The van der Waals surface area contributed by atoms with E-state index in [2.05, 4.69) is 180 Å². The fraction of sp³-hybridized carbons (Fsp3) is 0. The van der Waals surface area contributed by atoms with Crippen molar-refractivity contribution in [2.45, 2.75) is 0 Å². The quantitative estimate of drug-likeness (QED) is 0.180. The van der Waals surface area contributed by atoms with E-state index in [0.29, 0.717) is 0 Å². The Morgan fingerprint density at radius 2 is 0.870 bits per heavy atom. The highest BCUT2D eigenvalue weighted by Gasteiger charge is 2.22. The molecule has 0 saturated carbocycles. The molecule has 0 saturated heterocycles. The molecule has 0 N–H and O–H groups in total. The van der Waals surface area contributed by atoms with Crippen molar-refractivity contribution in [1.82, 2.24) is 4.57 Å². The number of aromatic nitrogens is 1. The molecule has 2 heteroatoms. The highest BCUT2D eigenvalue weighted by Crippen LogP contribution is 2.49. The lowest BCUT2D eigenvalue weighted by molar-refractivity contribution is 0.669. The minimum atomic E-state index is 0.917. The summed E-state index contributed by atoms with van der Waals surface area (Å²) in [6, 6.07) is 68.6. The molecule has 2 nitrogen and oxygen atoms in total. The minimum absolute atomic E-state index is 0.917. The molecule has 1 aliphatic rings. The number of hydrogen-bond donors (Lipinski definition) is 0. The Bertz CT molecular complexity index is 3290. The zero-order valence-electron chi connectivity index (χ0n) is 29.3. The molecule has 250 valence electrons. The molecule has 0 amide bonds. The molecule has 54 heavy (non-hydrogen) atoms. The van der Waals surface area contributed by atoms with E-state index < -0.39 is 0 Å². The van der Waals surface area contributed by atoms with Gasteiger partial charge in [-0.25, -0.2) is 0 Å². The molecule has 0 fully saturated rings.